The van der Waals surface area contributed by atoms with Gasteiger partial charge in [-0.05, 0) is 30.5 Å². The molecule has 0 bridgehead atoms. The van der Waals surface area contributed by atoms with Gasteiger partial charge in [0.05, 0.1) is 5.60 Å². The molecule has 0 radical (unpaired) electrons. The third kappa shape index (κ3) is 1.31. The van der Waals surface area contributed by atoms with Crippen LogP contribution >= 0.6 is 0 Å². The van der Waals surface area contributed by atoms with Crippen LogP contribution in [0.4, 0.5) is 0 Å². The lowest BCUT2D eigenvalue weighted by molar-refractivity contribution is 0.110. The smallest absolute Gasteiger partial charge is 0.150 e. The highest BCUT2D eigenvalue weighted by Gasteiger charge is 2.43. The maximum Gasteiger partial charge on any atom is 0.150 e. The van der Waals surface area contributed by atoms with Crippen LogP contribution in [-0.4, -0.2) is 16.5 Å². The Kier molecular flexibility index (Phi) is 1.63. The first-order valence-corrected chi connectivity index (χ1v) is 4.17. The van der Waals surface area contributed by atoms with Crippen LogP contribution in [0.2, 0.25) is 0 Å². The number of carbonyl (C=O) groups excluding carboxylic acids is 1. The topological polar surface area (TPSA) is 57.5 Å². The van der Waals surface area contributed by atoms with Crippen LogP contribution in [0.15, 0.2) is 18.2 Å². The SMILES string of the molecule is O=Cc1cc(O)ccc1C1(O)CC1. The number of hydrogen-bond donors (Lipinski definition) is 2. The van der Waals surface area contributed by atoms with Crippen LogP contribution in [0.25, 0.3) is 0 Å². The van der Waals surface area contributed by atoms with Crippen molar-refractivity contribution in [3.05, 3.63) is 29.3 Å². The summed E-state index contributed by atoms with van der Waals surface area (Å²) < 4.78 is 0. The van der Waals surface area contributed by atoms with E-state index in [1.807, 2.05) is 0 Å². The Hall–Kier alpha value is -1.35. The molecule has 0 saturated heterocycles. The molecular formula is C10H10O3. The molecule has 0 amide bonds. The predicted octanol–water partition coefficient (Wildman–Crippen LogP) is 1.19. The summed E-state index contributed by atoms with van der Waals surface area (Å²) in [6, 6.07) is 4.46. The number of rotatable bonds is 2. The summed E-state index contributed by atoms with van der Waals surface area (Å²) in [6.07, 6.45) is 2.04. The Morgan fingerprint density at radius 1 is 1.38 bits per heavy atom. The van der Waals surface area contributed by atoms with Crippen molar-refractivity contribution in [3.8, 4) is 5.75 Å². The molecule has 0 atom stereocenters. The number of phenolic OH excluding ortho intramolecular Hbond substituents is 1. The van der Waals surface area contributed by atoms with Crippen molar-refractivity contribution in [1.29, 1.82) is 0 Å². The standard InChI is InChI=1S/C10H10O3/c11-6-7-5-8(12)1-2-9(7)10(13)3-4-10/h1-2,5-6,12-13H,3-4H2. The fraction of sp³-hybridized carbons (Fsp3) is 0.300. The molecule has 1 saturated carbocycles. The minimum Gasteiger partial charge on any atom is -0.508 e. The third-order valence-corrected chi connectivity index (χ3v) is 2.39. The monoisotopic (exact) mass is 178 g/mol. The molecular weight excluding hydrogens is 168 g/mol. The summed E-state index contributed by atoms with van der Waals surface area (Å²) in [5.74, 6) is 0.0510. The number of aliphatic hydroxyl groups is 1. The van der Waals surface area contributed by atoms with E-state index in [-0.39, 0.29) is 5.75 Å². The molecule has 2 N–H and O–H groups in total. The molecule has 1 aliphatic rings. The lowest BCUT2D eigenvalue weighted by Gasteiger charge is -2.10. The van der Waals surface area contributed by atoms with Crippen molar-refractivity contribution in [1.82, 2.24) is 0 Å². The van der Waals surface area contributed by atoms with E-state index in [0.717, 1.165) is 0 Å². The van der Waals surface area contributed by atoms with Crippen LogP contribution in [-0.2, 0) is 5.60 Å². The van der Waals surface area contributed by atoms with Gasteiger partial charge in [-0.2, -0.15) is 0 Å². The molecule has 3 nitrogen and oxygen atoms in total. The van der Waals surface area contributed by atoms with Gasteiger partial charge in [-0.3, -0.25) is 4.79 Å². The first-order valence-electron chi connectivity index (χ1n) is 4.17. The summed E-state index contributed by atoms with van der Waals surface area (Å²) in [4.78, 5) is 10.6. The van der Waals surface area contributed by atoms with Crippen LogP contribution in [0.5, 0.6) is 5.75 Å². The van der Waals surface area contributed by atoms with Gasteiger partial charge in [-0.1, -0.05) is 6.07 Å². The van der Waals surface area contributed by atoms with Crippen molar-refractivity contribution in [3.63, 3.8) is 0 Å². The molecule has 0 heterocycles. The number of phenols is 1. The van der Waals surface area contributed by atoms with E-state index < -0.39 is 5.60 Å². The number of aromatic hydroxyl groups is 1. The maximum absolute atomic E-state index is 10.6. The summed E-state index contributed by atoms with van der Waals surface area (Å²) in [5, 5.41) is 18.9. The Morgan fingerprint density at radius 3 is 2.62 bits per heavy atom. The van der Waals surface area contributed by atoms with Crippen LogP contribution in [0.1, 0.15) is 28.8 Å². The van der Waals surface area contributed by atoms with Crippen LogP contribution in [0.3, 0.4) is 0 Å². The zero-order valence-corrected chi connectivity index (χ0v) is 7.03. The van der Waals surface area contributed by atoms with Gasteiger partial charge >= 0.3 is 0 Å². The molecule has 1 aromatic carbocycles. The Bertz CT molecular complexity index is 353. The minimum absolute atomic E-state index is 0.0510. The van der Waals surface area contributed by atoms with Gasteiger partial charge in [-0.15, -0.1) is 0 Å². The molecule has 0 aromatic heterocycles. The van der Waals surface area contributed by atoms with E-state index in [9.17, 15) is 9.90 Å². The average molecular weight is 178 g/mol. The van der Waals surface area contributed by atoms with Gasteiger partial charge in [0.2, 0.25) is 0 Å². The van der Waals surface area contributed by atoms with Gasteiger partial charge < -0.3 is 10.2 Å². The van der Waals surface area contributed by atoms with E-state index >= 15 is 0 Å². The van der Waals surface area contributed by atoms with Gasteiger partial charge in [0, 0.05) is 5.56 Å². The third-order valence-electron chi connectivity index (χ3n) is 2.39. The summed E-state index contributed by atoms with van der Waals surface area (Å²) in [5.41, 5.74) is 0.185. The minimum atomic E-state index is -0.816. The van der Waals surface area contributed by atoms with E-state index in [4.69, 9.17) is 5.11 Å². The number of aldehydes is 1. The summed E-state index contributed by atoms with van der Waals surface area (Å²) in [7, 11) is 0. The fourth-order valence-electron chi connectivity index (χ4n) is 1.46. The largest absolute Gasteiger partial charge is 0.508 e. The lowest BCUT2D eigenvalue weighted by Crippen LogP contribution is -2.07. The molecule has 2 rings (SSSR count). The molecule has 1 fully saturated rings. The normalized spacial score (nSPS) is 18.2. The second kappa shape index (κ2) is 2.57. The number of benzene rings is 1. The summed E-state index contributed by atoms with van der Waals surface area (Å²) in [6.45, 7) is 0. The second-order valence-corrected chi connectivity index (χ2v) is 3.42. The number of hydrogen-bond acceptors (Lipinski definition) is 3. The molecule has 0 aliphatic heterocycles. The van der Waals surface area contributed by atoms with Crippen molar-refractivity contribution >= 4 is 6.29 Å². The van der Waals surface area contributed by atoms with Crippen LogP contribution < -0.4 is 0 Å². The van der Waals surface area contributed by atoms with Crippen molar-refractivity contribution < 1.29 is 15.0 Å². The molecule has 0 spiro atoms. The molecule has 0 unspecified atom stereocenters. The van der Waals surface area contributed by atoms with Gasteiger partial charge in [0.1, 0.15) is 5.75 Å². The molecule has 13 heavy (non-hydrogen) atoms. The van der Waals surface area contributed by atoms with Gasteiger partial charge in [-0.25, -0.2) is 0 Å². The van der Waals surface area contributed by atoms with Gasteiger partial charge in [0.25, 0.3) is 0 Å². The second-order valence-electron chi connectivity index (χ2n) is 3.42. The molecule has 1 aliphatic carbocycles. The Balaban J connectivity index is 2.50. The lowest BCUT2D eigenvalue weighted by atomic mass is 10.0. The molecule has 1 aromatic rings. The van der Waals surface area contributed by atoms with Crippen molar-refractivity contribution in [2.75, 3.05) is 0 Å². The zero-order chi connectivity index (χ0) is 9.47. The molecule has 3 heteroatoms. The van der Waals surface area contributed by atoms with Crippen LogP contribution in [0, 0.1) is 0 Å². The highest BCUT2D eigenvalue weighted by Crippen LogP contribution is 2.46. The first-order chi connectivity index (χ1) is 6.15. The maximum atomic E-state index is 10.6. The Morgan fingerprint density at radius 2 is 2.08 bits per heavy atom. The predicted molar refractivity (Wildman–Crippen MR) is 46.6 cm³/mol. The fourth-order valence-corrected chi connectivity index (χ4v) is 1.46. The van der Waals surface area contributed by atoms with E-state index in [1.165, 1.54) is 12.1 Å². The highest BCUT2D eigenvalue weighted by atomic mass is 16.3. The quantitative estimate of drug-likeness (QED) is 0.669. The van der Waals surface area contributed by atoms with Gasteiger partial charge in [0.15, 0.2) is 6.29 Å². The molecule has 68 valence electrons. The zero-order valence-electron chi connectivity index (χ0n) is 7.03. The average Bonchev–Trinajstić information content (AvgIpc) is 2.84. The van der Waals surface area contributed by atoms with Crippen molar-refractivity contribution in [2.24, 2.45) is 0 Å². The Labute approximate surface area is 75.6 Å². The highest BCUT2D eigenvalue weighted by molar-refractivity contribution is 5.79. The van der Waals surface area contributed by atoms with E-state index in [0.29, 0.717) is 30.3 Å². The first kappa shape index (κ1) is 8.26. The number of carbonyl (C=O) groups is 1. The van der Waals surface area contributed by atoms with E-state index in [2.05, 4.69) is 0 Å². The summed E-state index contributed by atoms with van der Waals surface area (Å²) >= 11 is 0. The van der Waals surface area contributed by atoms with E-state index in [1.54, 1.807) is 6.07 Å². The van der Waals surface area contributed by atoms with Crippen molar-refractivity contribution in [2.45, 2.75) is 18.4 Å².